The van der Waals surface area contributed by atoms with Gasteiger partial charge in [0, 0.05) is 34.5 Å². The molecule has 0 saturated carbocycles. The molecule has 0 unspecified atom stereocenters. The molecule has 1 aromatic heterocycles. The number of nitro groups is 1. The first-order chi connectivity index (χ1) is 9.88. The summed E-state index contributed by atoms with van der Waals surface area (Å²) in [5.74, 6) is 0. The zero-order valence-electron chi connectivity index (χ0n) is 12.6. The molecule has 0 aliphatic rings. The molecule has 5 heteroatoms. The number of nitrogens with one attached hydrogen (secondary N) is 1. The van der Waals surface area contributed by atoms with E-state index in [1.807, 2.05) is 6.07 Å². The molecule has 1 heterocycles. The SMILES string of the molecule is CC(C)(C)c1ccc(CNCc2ccccc2[N+](=O)[O-])s1. The molecular formula is C16H20N2O2S. The second kappa shape index (κ2) is 6.37. The highest BCUT2D eigenvalue weighted by Gasteiger charge is 2.16. The van der Waals surface area contributed by atoms with E-state index < -0.39 is 0 Å². The van der Waals surface area contributed by atoms with Crippen LogP contribution in [0, 0.1) is 10.1 Å². The van der Waals surface area contributed by atoms with Crippen LogP contribution in [0.2, 0.25) is 0 Å². The first-order valence-electron chi connectivity index (χ1n) is 6.90. The standard InChI is InChI=1S/C16H20N2O2S/c1-16(2,3)15-9-8-13(21-15)11-17-10-12-6-4-5-7-14(12)18(19)20/h4-9,17H,10-11H2,1-3H3. The average Bonchev–Trinajstić information content (AvgIpc) is 2.88. The molecule has 1 N–H and O–H groups in total. The molecule has 112 valence electrons. The highest BCUT2D eigenvalue weighted by molar-refractivity contribution is 7.12. The van der Waals surface area contributed by atoms with Gasteiger partial charge in [-0.05, 0) is 17.5 Å². The van der Waals surface area contributed by atoms with Crippen LogP contribution in [0.25, 0.3) is 0 Å². The van der Waals surface area contributed by atoms with Crippen molar-refractivity contribution < 1.29 is 4.92 Å². The zero-order valence-corrected chi connectivity index (χ0v) is 13.4. The van der Waals surface area contributed by atoms with E-state index in [1.54, 1.807) is 29.5 Å². The van der Waals surface area contributed by atoms with E-state index in [2.05, 4.69) is 38.2 Å². The Hall–Kier alpha value is -1.72. The lowest BCUT2D eigenvalue weighted by atomic mass is 9.95. The van der Waals surface area contributed by atoms with Gasteiger partial charge < -0.3 is 5.32 Å². The van der Waals surface area contributed by atoms with E-state index in [9.17, 15) is 10.1 Å². The van der Waals surface area contributed by atoms with Crippen LogP contribution in [0.15, 0.2) is 36.4 Å². The highest BCUT2D eigenvalue weighted by Crippen LogP contribution is 2.29. The summed E-state index contributed by atoms with van der Waals surface area (Å²) in [6, 6.07) is 11.1. The average molecular weight is 304 g/mol. The molecule has 4 nitrogen and oxygen atoms in total. The molecule has 0 radical (unpaired) electrons. The Kier molecular flexibility index (Phi) is 4.75. The van der Waals surface area contributed by atoms with Crippen LogP contribution >= 0.6 is 11.3 Å². The van der Waals surface area contributed by atoms with Crippen molar-refractivity contribution in [3.8, 4) is 0 Å². The minimum atomic E-state index is -0.333. The van der Waals surface area contributed by atoms with Gasteiger partial charge in [-0.3, -0.25) is 10.1 Å². The lowest BCUT2D eigenvalue weighted by Crippen LogP contribution is -2.13. The normalized spacial score (nSPS) is 11.6. The number of rotatable bonds is 5. The predicted molar refractivity (Wildman–Crippen MR) is 86.7 cm³/mol. The molecule has 0 fully saturated rings. The third kappa shape index (κ3) is 4.12. The number of thiophene rings is 1. The summed E-state index contributed by atoms with van der Waals surface area (Å²) >= 11 is 1.79. The fraction of sp³-hybridized carbons (Fsp3) is 0.375. The molecule has 2 aromatic rings. The Balaban J connectivity index is 1.96. The molecule has 0 spiro atoms. The van der Waals surface area contributed by atoms with E-state index in [4.69, 9.17) is 0 Å². The molecule has 0 aliphatic heterocycles. The molecule has 0 saturated heterocycles. The smallest absolute Gasteiger partial charge is 0.273 e. The third-order valence-corrected chi connectivity index (χ3v) is 4.71. The van der Waals surface area contributed by atoms with Gasteiger partial charge in [0.05, 0.1) is 4.92 Å². The molecule has 0 aliphatic carbocycles. The maximum Gasteiger partial charge on any atom is 0.273 e. The number of hydrogen-bond donors (Lipinski definition) is 1. The summed E-state index contributed by atoms with van der Waals surface area (Å²) < 4.78 is 0. The van der Waals surface area contributed by atoms with E-state index in [0.717, 1.165) is 12.1 Å². The second-order valence-electron chi connectivity index (χ2n) is 6.01. The zero-order chi connectivity index (χ0) is 15.5. The third-order valence-electron chi connectivity index (χ3n) is 3.20. The molecular weight excluding hydrogens is 284 g/mol. The number of benzene rings is 1. The largest absolute Gasteiger partial charge is 0.308 e. The van der Waals surface area contributed by atoms with Crippen molar-refractivity contribution >= 4 is 17.0 Å². The van der Waals surface area contributed by atoms with Crippen LogP contribution in [0.4, 0.5) is 5.69 Å². The molecule has 0 amide bonds. The fourth-order valence-electron chi connectivity index (χ4n) is 2.03. The highest BCUT2D eigenvalue weighted by atomic mass is 32.1. The van der Waals surface area contributed by atoms with Crippen LogP contribution < -0.4 is 5.32 Å². The van der Waals surface area contributed by atoms with Crippen molar-refractivity contribution in [2.75, 3.05) is 0 Å². The van der Waals surface area contributed by atoms with Crippen molar-refractivity contribution in [2.24, 2.45) is 0 Å². The maximum atomic E-state index is 10.9. The molecule has 0 atom stereocenters. The van der Waals surface area contributed by atoms with Crippen molar-refractivity contribution in [1.29, 1.82) is 0 Å². The number of hydrogen-bond acceptors (Lipinski definition) is 4. The van der Waals surface area contributed by atoms with Crippen LogP contribution in [-0.2, 0) is 18.5 Å². The van der Waals surface area contributed by atoms with Gasteiger partial charge in [0.2, 0.25) is 0 Å². The summed E-state index contributed by atoms with van der Waals surface area (Å²) in [5, 5.41) is 14.2. The van der Waals surface area contributed by atoms with E-state index in [-0.39, 0.29) is 16.0 Å². The fourth-order valence-corrected chi connectivity index (χ4v) is 3.07. The Morgan fingerprint density at radius 1 is 1.14 bits per heavy atom. The summed E-state index contributed by atoms with van der Waals surface area (Å²) in [6.07, 6.45) is 0. The van der Waals surface area contributed by atoms with E-state index >= 15 is 0 Å². The van der Waals surface area contributed by atoms with Gasteiger partial charge >= 0.3 is 0 Å². The van der Waals surface area contributed by atoms with Crippen LogP contribution in [0.3, 0.4) is 0 Å². The Morgan fingerprint density at radius 2 is 1.86 bits per heavy atom. The van der Waals surface area contributed by atoms with Crippen molar-refractivity contribution in [2.45, 2.75) is 39.3 Å². The van der Waals surface area contributed by atoms with Gasteiger partial charge in [-0.2, -0.15) is 0 Å². The van der Waals surface area contributed by atoms with Crippen LogP contribution in [0.5, 0.6) is 0 Å². The predicted octanol–water partition coefficient (Wildman–Crippen LogP) is 4.24. The van der Waals surface area contributed by atoms with Crippen molar-refractivity contribution in [3.63, 3.8) is 0 Å². The Morgan fingerprint density at radius 3 is 2.48 bits per heavy atom. The molecule has 1 aromatic carbocycles. The summed E-state index contributed by atoms with van der Waals surface area (Å²) in [7, 11) is 0. The van der Waals surface area contributed by atoms with Crippen LogP contribution in [-0.4, -0.2) is 4.92 Å². The summed E-state index contributed by atoms with van der Waals surface area (Å²) in [5.41, 5.74) is 1.06. The minimum absolute atomic E-state index is 0.168. The first-order valence-corrected chi connectivity index (χ1v) is 7.72. The number of nitro benzene ring substituents is 1. The van der Waals surface area contributed by atoms with E-state index in [1.165, 1.54) is 9.75 Å². The minimum Gasteiger partial charge on any atom is -0.308 e. The van der Waals surface area contributed by atoms with Gasteiger partial charge in [0.25, 0.3) is 5.69 Å². The lowest BCUT2D eigenvalue weighted by Gasteiger charge is -2.15. The second-order valence-corrected chi connectivity index (χ2v) is 7.17. The number of para-hydroxylation sites is 1. The van der Waals surface area contributed by atoms with Gasteiger partial charge in [-0.25, -0.2) is 0 Å². The molecule has 2 rings (SSSR count). The Bertz CT molecular complexity index is 629. The summed E-state index contributed by atoms with van der Waals surface area (Å²) in [4.78, 5) is 13.2. The van der Waals surface area contributed by atoms with Gasteiger partial charge in [-0.1, -0.05) is 39.0 Å². The first kappa shape index (κ1) is 15.7. The van der Waals surface area contributed by atoms with E-state index in [0.29, 0.717) is 6.54 Å². The maximum absolute atomic E-state index is 10.9. The molecule has 0 bridgehead atoms. The number of nitrogens with zero attached hydrogens (tertiary/aromatic N) is 1. The van der Waals surface area contributed by atoms with Crippen LogP contribution in [0.1, 0.15) is 36.1 Å². The van der Waals surface area contributed by atoms with Crippen molar-refractivity contribution in [1.82, 2.24) is 5.32 Å². The van der Waals surface area contributed by atoms with Crippen molar-refractivity contribution in [3.05, 3.63) is 61.8 Å². The Labute approximate surface area is 129 Å². The van der Waals surface area contributed by atoms with Gasteiger partial charge in [-0.15, -0.1) is 11.3 Å². The van der Waals surface area contributed by atoms with Gasteiger partial charge in [0.1, 0.15) is 0 Å². The van der Waals surface area contributed by atoms with Gasteiger partial charge in [0.15, 0.2) is 0 Å². The quantitative estimate of drug-likeness (QED) is 0.664. The monoisotopic (exact) mass is 304 g/mol. The summed E-state index contributed by atoms with van der Waals surface area (Å²) in [6.45, 7) is 7.82. The molecule has 21 heavy (non-hydrogen) atoms. The lowest BCUT2D eigenvalue weighted by molar-refractivity contribution is -0.385. The topological polar surface area (TPSA) is 55.2 Å².